The number of carbonyl (C=O) groups excluding carboxylic acids is 2. The molecule has 270 valence electrons. The predicted octanol–water partition coefficient (Wildman–Crippen LogP) is 9.18. The lowest BCUT2D eigenvalue weighted by atomic mass is 10.1. The molecule has 1 aliphatic rings. The molecule has 0 spiro atoms. The molecule has 10 heteroatoms. The van der Waals surface area contributed by atoms with Crippen LogP contribution >= 0.6 is 11.6 Å². The zero-order valence-electron chi connectivity index (χ0n) is 30.5. The molecule has 0 radical (unpaired) electrons. The third kappa shape index (κ3) is 13.4. The lowest BCUT2D eigenvalue weighted by Crippen LogP contribution is -2.44. The van der Waals surface area contributed by atoms with Crippen molar-refractivity contribution in [2.45, 2.75) is 116 Å². The van der Waals surface area contributed by atoms with Crippen LogP contribution in [0.15, 0.2) is 77.4 Å². The molecule has 1 aliphatic heterocycles. The Labute approximate surface area is 299 Å². The van der Waals surface area contributed by atoms with Crippen LogP contribution in [0, 0.1) is 0 Å². The standard InChI is InChI=1S/C39H55ClO8Si/c1-9-45-37(41)25-34(48-49(7,8)39(3,4)5)28(2)14-13-17-31(40)20-23-33-24-35(47-38(42)30-15-11-10-12-16-30)36(46-33)27-44-26-29-18-21-32(43-6)22-19-29/h10-12,14-19,21-22,33-36H,9,13,20,23-27H2,1-8H3/b28-14-,31-17-/t33-,34?,35-,36-/m1/s1. The van der Waals surface area contributed by atoms with Gasteiger partial charge in [-0.05, 0) is 86.6 Å². The summed E-state index contributed by atoms with van der Waals surface area (Å²) in [7, 11) is -0.495. The minimum Gasteiger partial charge on any atom is -0.497 e. The zero-order valence-corrected chi connectivity index (χ0v) is 32.2. The molecule has 1 heterocycles. The molecule has 49 heavy (non-hydrogen) atoms. The highest BCUT2D eigenvalue weighted by Gasteiger charge is 2.40. The number of hydrogen-bond acceptors (Lipinski definition) is 8. The van der Waals surface area contributed by atoms with Crippen LogP contribution in [0.2, 0.25) is 18.1 Å². The Morgan fingerprint density at radius 3 is 2.39 bits per heavy atom. The van der Waals surface area contributed by atoms with Gasteiger partial charge in [-0.1, -0.05) is 74.9 Å². The fourth-order valence-electron chi connectivity index (χ4n) is 5.16. The average molecular weight is 715 g/mol. The van der Waals surface area contributed by atoms with Gasteiger partial charge in [0.15, 0.2) is 8.32 Å². The molecule has 0 amide bonds. The van der Waals surface area contributed by atoms with E-state index >= 15 is 0 Å². The summed E-state index contributed by atoms with van der Waals surface area (Å²) < 4.78 is 35.4. The zero-order chi connectivity index (χ0) is 36.0. The predicted molar refractivity (Wildman–Crippen MR) is 196 cm³/mol. The van der Waals surface area contributed by atoms with Crippen molar-refractivity contribution in [3.63, 3.8) is 0 Å². The minimum absolute atomic E-state index is 0.00622. The number of allylic oxidation sites excluding steroid dienone is 3. The smallest absolute Gasteiger partial charge is 0.338 e. The van der Waals surface area contributed by atoms with E-state index in [1.54, 1.807) is 19.2 Å². The summed E-state index contributed by atoms with van der Waals surface area (Å²) in [4.78, 5) is 25.3. The molecule has 1 saturated heterocycles. The Kier molecular flexibility index (Phi) is 16.1. The minimum atomic E-state index is -2.13. The van der Waals surface area contributed by atoms with Crippen molar-refractivity contribution >= 4 is 31.9 Å². The Balaban J connectivity index is 1.60. The molecule has 2 aromatic rings. The number of hydrogen-bond donors (Lipinski definition) is 0. The van der Waals surface area contributed by atoms with Crippen molar-refractivity contribution in [1.82, 2.24) is 0 Å². The SMILES string of the molecule is CCOC(=O)CC(O[Si](C)(C)C(C)(C)C)/C(C)=C\C/C=C(\Cl)CC[C@@H]1C[C@@H](OC(=O)c2ccccc2)[C@@H](COCc2ccc(OC)cc2)O1. The average Bonchev–Trinajstić information content (AvgIpc) is 3.44. The molecule has 1 fully saturated rings. The fraction of sp³-hybridized carbons (Fsp3) is 0.538. The molecule has 1 unspecified atom stereocenters. The van der Waals surface area contributed by atoms with Gasteiger partial charge in [0.05, 0.1) is 51.1 Å². The molecule has 0 saturated carbocycles. The Morgan fingerprint density at radius 1 is 1.06 bits per heavy atom. The topological polar surface area (TPSA) is 89.5 Å². The van der Waals surface area contributed by atoms with Crippen molar-refractivity contribution in [2.24, 2.45) is 0 Å². The number of carbonyl (C=O) groups is 2. The van der Waals surface area contributed by atoms with Gasteiger partial charge in [0, 0.05) is 11.5 Å². The van der Waals surface area contributed by atoms with E-state index in [4.69, 9.17) is 39.7 Å². The maximum atomic E-state index is 12.9. The van der Waals surface area contributed by atoms with Crippen LogP contribution in [0.1, 0.15) is 82.6 Å². The Bertz CT molecular complexity index is 1380. The summed E-state index contributed by atoms with van der Waals surface area (Å²) in [5.41, 5.74) is 2.49. The van der Waals surface area contributed by atoms with Gasteiger partial charge in [0.1, 0.15) is 18.0 Å². The first-order chi connectivity index (χ1) is 23.2. The highest BCUT2D eigenvalue weighted by molar-refractivity contribution is 6.74. The van der Waals surface area contributed by atoms with E-state index in [-0.39, 0.29) is 42.2 Å². The largest absolute Gasteiger partial charge is 0.497 e. The van der Waals surface area contributed by atoms with Crippen molar-refractivity contribution in [2.75, 3.05) is 20.3 Å². The summed E-state index contributed by atoms with van der Waals surface area (Å²) in [6, 6.07) is 16.7. The number of methoxy groups -OCH3 is 1. The lowest BCUT2D eigenvalue weighted by molar-refractivity contribution is -0.144. The molecule has 8 nitrogen and oxygen atoms in total. The van der Waals surface area contributed by atoms with Gasteiger partial charge in [-0.25, -0.2) is 4.79 Å². The monoisotopic (exact) mass is 714 g/mol. The fourth-order valence-corrected chi connectivity index (χ4v) is 6.69. The van der Waals surface area contributed by atoms with E-state index in [9.17, 15) is 9.59 Å². The van der Waals surface area contributed by atoms with Gasteiger partial charge in [0.25, 0.3) is 0 Å². The second kappa shape index (κ2) is 19.4. The van der Waals surface area contributed by atoms with E-state index in [0.717, 1.165) is 21.9 Å². The quantitative estimate of drug-likeness (QED) is 0.0858. The third-order valence-corrected chi connectivity index (χ3v) is 14.0. The summed E-state index contributed by atoms with van der Waals surface area (Å²) >= 11 is 6.68. The molecule has 4 atom stereocenters. The number of benzene rings is 2. The third-order valence-electron chi connectivity index (χ3n) is 9.15. The van der Waals surface area contributed by atoms with Gasteiger partial charge < -0.3 is 28.1 Å². The van der Waals surface area contributed by atoms with Gasteiger partial charge >= 0.3 is 11.9 Å². The first-order valence-corrected chi connectivity index (χ1v) is 20.5. The van der Waals surface area contributed by atoms with Crippen LogP contribution in [0.25, 0.3) is 0 Å². The second-order valence-corrected chi connectivity index (χ2v) is 19.2. The number of esters is 2. The van der Waals surface area contributed by atoms with Crippen molar-refractivity contribution < 1.29 is 37.7 Å². The van der Waals surface area contributed by atoms with Crippen molar-refractivity contribution in [3.05, 3.63) is 88.5 Å². The highest BCUT2D eigenvalue weighted by atomic mass is 35.5. The number of halogens is 1. The maximum Gasteiger partial charge on any atom is 0.338 e. The molecule has 0 bridgehead atoms. The van der Waals surface area contributed by atoms with Crippen LogP contribution in [0.3, 0.4) is 0 Å². The molecule has 0 aliphatic carbocycles. The van der Waals surface area contributed by atoms with Gasteiger partial charge in [0.2, 0.25) is 0 Å². The van der Waals surface area contributed by atoms with E-state index in [0.29, 0.717) is 44.5 Å². The second-order valence-electron chi connectivity index (χ2n) is 14.0. The molecule has 3 rings (SSSR count). The van der Waals surface area contributed by atoms with Crippen molar-refractivity contribution in [1.29, 1.82) is 0 Å². The van der Waals surface area contributed by atoms with E-state index in [1.807, 2.05) is 62.4 Å². The summed E-state index contributed by atoms with van der Waals surface area (Å²) in [5, 5.41) is 0.726. The van der Waals surface area contributed by atoms with Gasteiger partial charge in [-0.2, -0.15) is 0 Å². The molecule has 0 aromatic heterocycles. The lowest BCUT2D eigenvalue weighted by Gasteiger charge is -2.39. The number of ether oxygens (including phenoxy) is 5. The summed E-state index contributed by atoms with van der Waals surface area (Å²) in [6.45, 7) is 15.8. The molecular formula is C39H55ClO8Si. The van der Waals surface area contributed by atoms with E-state index in [1.165, 1.54) is 0 Å². The Morgan fingerprint density at radius 2 is 1.76 bits per heavy atom. The van der Waals surface area contributed by atoms with E-state index < -0.39 is 20.5 Å². The van der Waals surface area contributed by atoms with Crippen LogP contribution in [-0.4, -0.2) is 65.0 Å². The van der Waals surface area contributed by atoms with Crippen LogP contribution in [0.4, 0.5) is 0 Å². The van der Waals surface area contributed by atoms with Gasteiger partial charge in [-0.3, -0.25) is 4.79 Å². The molecule has 2 aromatic carbocycles. The normalized spacial score (nSPS) is 19.4. The molecule has 0 N–H and O–H groups in total. The van der Waals surface area contributed by atoms with Crippen LogP contribution in [0.5, 0.6) is 5.75 Å². The van der Waals surface area contributed by atoms with Crippen molar-refractivity contribution in [3.8, 4) is 5.75 Å². The first kappa shape index (κ1) is 40.5. The van der Waals surface area contributed by atoms with Gasteiger partial charge in [-0.15, -0.1) is 0 Å². The van der Waals surface area contributed by atoms with Crippen LogP contribution in [-0.2, 0) is 34.8 Å². The Hall–Kier alpha value is -2.95. The van der Waals surface area contributed by atoms with Crippen LogP contribution < -0.4 is 4.74 Å². The first-order valence-electron chi connectivity index (χ1n) is 17.2. The summed E-state index contributed by atoms with van der Waals surface area (Å²) in [6.07, 6.45) is 5.34. The number of rotatable bonds is 18. The maximum absolute atomic E-state index is 12.9. The summed E-state index contributed by atoms with van der Waals surface area (Å²) in [5.74, 6) is 0.140. The highest BCUT2D eigenvalue weighted by Crippen LogP contribution is 2.38. The van der Waals surface area contributed by atoms with E-state index in [2.05, 4.69) is 39.9 Å². The molecular weight excluding hydrogens is 660 g/mol.